The second kappa shape index (κ2) is 4.64. The summed E-state index contributed by atoms with van der Waals surface area (Å²) < 4.78 is 8.36. The average molecular weight is 323 g/mol. The van der Waals surface area contributed by atoms with E-state index >= 15 is 0 Å². The number of halogens is 1. The quantitative estimate of drug-likeness (QED) is 0.875. The van der Waals surface area contributed by atoms with Gasteiger partial charge in [-0.15, -0.1) is 0 Å². The number of benzene rings is 1. The van der Waals surface area contributed by atoms with E-state index in [0.717, 1.165) is 30.1 Å². The fourth-order valence-electron chi connectivity index (χ4n) is 2.62. The van der Waals surface area contributed by atoms with E-state index in [4.69, 9.17) is 11.6 Å². The van der Waals surface area contributed by atoms with Gasteiger partial charge in [-0.05, 0) is 25.0 Å². The number of anilines is 1. The number of hydrogen-bond donors (Lipinski definition) is 1. The molecule has 2 aliphatic rings. The molecule has 1 aliphatic heterocycles. The third-order valence-electron chi connectivity index (χ3n) is 3.79. The van der Waals surface area contributed by atoms with Crippen molar-refractivity contribution >= 4 is 51.9 Å². The number of imide groups is 1. The van der Waals surface area contributed by atoms with Gasteiger partial charge in [-0.3, -0.25) is 14.5 Å². The Morgan fingerprint density at radius 1 is 1.29 bits per heavy atom. The predicted octanol–water partition coefficient (Wildman–Crippen LogP) is 2.05. The van der Waals surface area contributed by atoms with E-state index < -0.39 is 6.04 Å². The van der Waals surface area contributed by atoms with Gasteiger partial charge < -0.3 is 5.32 Å². The van der Waals surface area contributed by atoms with Crippen LogP contribution < -0.4 is 5.32 Å². The molecule has 1 aromatic heterocycles. The van der Waals surface area contributed by atoms with Gasteiger partial charge in [0.15, 0.2) is 0 Å². The molecule has 2 amide bonds. The number of nitrogens with zero attached hydrogens (tertiary/aromatic N) is 3. The summed E-state index contributed by atoms with van der Waals surface area (Å²) in [6.07, 6.45) is 1.99. The van der Waals surface area contributed by atoms with E-state index in [-0.39, 0.29) is 24.3 Å². The zero-order valence-corrected chi connectivity index (χ0v) is 12.4. The Morgan fingerprint density at radius 2 is 2.10 bits per heavy atom. The van der Waals surface area contributed by atoms with Crippen LogP contribution in [0.3, 0.4) is 0 Å². The summed E-state index contributed by atoms with van der Waals surface area (Å²) >= 11 is 7.29. The van der Waals surface area contributed by atoms with Crippen LogP contribution >= 0.6 is 23.3 Å². The van der Waals surface area contributed by atoms with Crippen molar-refractivity contribution in [2.75, 3.05) is 5.32 Å². The second-order valence-electron chi connectivity index (χ2n) is 5.29. The molecule has 1 saturated carbocycles. The molecular weight excluding hydrogens is 312 g/mol. The van der Waals surface area contributed by atoms with Gasteiger partial charge in [0.25, 0.3) is 5.91 Å². The van der Waals surface area contributed by atoms with E-state index in [2.05, 4.69) is 14.1 Å². The molecule has 1 aliphatic carbocycles. The Labute approximate surface area is 129 Å². The Morgan fingerprint density at radius 3 is 2.86 bits per heavy atom. The number of carbonyl (C=O) groups excluding carboxylic acids is 2. The number of hydrogen-bond acceptors (Lipinski definition) is 6. The van der Waals surface area contributed by atoms with Crippen LogP contribution in [0, 0.1) is 0 Å². The van der Waals surface area contributed by atoms with Crippen molar-refractivity contribution in [2.24, 2.45) is 0 Å². The normalized spacial score (nSPS) is 22.3. The molecule has 6 nitrogen and oxygen atoms in total. The van der Waals surface area contributed by atoms with Crippen molar-refractivity contribution in [3.8, 4) is 0 Å². The maximum Gasteiger partial charge on any atom is 0.252 e. The fraction of sp³-hybridized carbons (Fsp3) is 0.385. The van der Waals surface area contributed by atoms with Crippen LogP contribution in [0.25, 0.3) is 11.0 Å². The molecule has 1 unspecified atom stereocenters. The number of carbonyl (C=O) groups is 2. The number of nitrogens with one attached hydrogen (secondary N) is 1. The molecule has 1 N–H and O–H groups in total. The monoisotopic (exact) mass is 322 g/mol. The standard InChI is InChI=1S/C13H11ClN4O2S/c14-7-3-4-8-12(17-21-16-8)11(7)15-9-5-10(19)18(13(9)20)6-1-2-6/h3-4,6,9,15H,1-2,5H2. The molecule has 1 saturated heterocycles. The zero-order chi connectivity index (χ0) is 14.6. The fourth-order valence-corrected chi connectivity index (χ4v) is 3.37. The molecule has 4 rings (SSSR count). The van der Waals surface area contributed by atoms with Crippen molar-refractivity contribution in [3.63, 3.8) is 0 Å². The van der Waals surface area contributed by atoms with Gasteiger partial charge in [-0.1, -0.05) is 11.6 Å². The number of fused-ring (bicyclic) bond motifs is 1. The Bertz CT molecular complexity index is 758. The first-order valence-electron chi connectivity index (χ1n) is 6.68. The molecule has 2 heterocycles. The Kier molecular flexibility index (Phi) is 2.87. The van der Waals surface area contributed by atoms with Crippen LogP contribution in [0.15, 0.2) is 12.1 Å². The topological polar surface area (TPSA) is 75.2 Å². The molecular formula is C13H11ClN4O2S. The van der Waals surface area contributed by atoms with E-state index in [0.29, 0.717) is 16.2 Å². The van der Waals surface area contributed by atoms with E-state index in [1.807, 2.05) is 0 Å². The summed E-state index contributed by atoms with van der Waals surface area (Å²) in [6.45, 7) is 0. The number of likely N-dealkylation sites (tertiary alicyclic amines) is 1. The Hall–Kier alpha value is -1.73. The zero-order valence-electron chi connectivity index (χ0n) is 10.9. The van der Waals surface area contributed by atoms with Crippen molar-refractivity contribution in [3.05, 3.63) is 17.2 Å². The number of rotatable bonds is 3. The van der Waals surface area contributed by atoms with Crippen molar-refractivity contribution in [2.45, 2.75) is 31.3 Å². The third kappa shape index (κ3) is 2.08. The van der Waals surface area contributed by atoms with Crippen LogP contribution in [-0.2, 0) is 9.59 Å². The predicted molar refractivity (Wildman–Crippen MR) is 79.3 cm³/mol. The molecule has 1 aromatic carbocycles. The molecule has 2 fully saturated rings. The first-order valence-corrected chi connectivity index (χ1v) is 7.79. The minimum absolute atomic E-state index is 0.101. The highest BCUT2D eigenvalue weighted by Gasteiger charge is 2.46. The maximum absolute atomic E-state index is 12.4. The first-order chi connectivity index (χ1) is 10.1. The summed E-state index contributed by atoms with van der Waals surface area (Å²) in [5.41, 5.74) is 1.94. The summed E-state index contributed by atoms with van der Waals surface area (Å²) in [4.78, 5) is 25.7. The minimum atomic E-state index is -0.567. The van der Waals surface area contributed by atoms with Crippen LogP contribution in [0.2, 0.25) is 5.02 Å². The minimum Gasteiger partial charge on any atom is -0.370 e. The smallest absolute Gasteiger partial charge is 0.252 e. The van der Waals surface area contributed by atoms with Gasteiger partial charge in [0.1, 0.15) is 17.1 Å². The number of amides is 2. The lowest BCUT2D eigenvalue weighted by Gasteiger charge is -2.16. The van der Waals surface area contributed by atoms with Crippen LogP contribution in [0.4, 0.5) is 5.69 Å². The van der Waals surface area contributed by atoms with Crippen LogP contribution in [0.1, 0.15) is 19.3 Å². The van der Waals surface area contributed by atoms with Crippen LogP contribution in [0.5, 0.6) is 0 Å². The molecule has 0 bridgehead atoms. The van der Waals surface area contributed by atoms with Gasteiger partial charge in [0, 0.05) is 6.04 Å². The third-order valence-corrected chi connectivity index (χ3v) is 4.65. The molecule has 8 heteroatoms. The molecule has 1 atom stereocenters. The second-order valence-corrected chi connectivity index (χ2v) is 6.22. The molecule has 2 aromatic rings. The highest BCUT2D eigenvalue weighted by molar-refractivity contribution is 7.00. The lowest BCUT2D eigenvalue weighted by molar-refractivity contribution is -0.139. The molecule has 0 radical (unpaired) electrons. The van der Waals surface area contributed by atoms with Gasteiger partial charge in [0.05, 0.1) is 28.9 Å². The lowest BCUT2D eigenvalue weighted by atomic mass is 10.2. The van der Waals surface area contributed by atoms with Crippen molar-refractivity contribution in [1.82, 2.24) is 13.6 Å². The van der Waals surface area contributed by atoms with Crippen molar-refractivity contribution < 1.29 is 9.59 Å². The van der Waals surface area contributed by atoms with Crippen LogP contribution in [-0.4, -0.2) is 37.5 Å². The van der Waals surface area contributed by atoms with Crippen molar-refractivity contribution in [1.29, 1.82) is 0 Å². The molecule has 21 heavy (non-hydrogen) atoms. The van der Waals surface area contributed by atoms with Gasteiger partial charge in [-0.25, -0.2) is 0 Å². The van der Waals surface area contributed by atoms with E-state index in [9.17, 15) is 9.59 Å². The molecule has 0 spiro atoms. The number of aromatic nitrogens is 2. The Balaban J connectivity index is 1.66. The highest BCUT2D eigenvalue weighted by Crippen LogP contribution is 2.35. The largest absolute Gasteiger partial charge is 0.370 e. The van der Waals surface area contributed by atoms with E-state index in [1.54, 1.807) is 12.1 Å². The summed E-state index contributed by atoms with van der Waals surface area (Å²) in [7, 11) is 0. The molecule has 108 valence electrons. The van der Waals surface area contributed by atoms with Gasteiger partial charge in [0.2, 0.25) is 5.91 Å². The average Bonchev–Trinajstić information content (AvgIpc) is 3.09. The lowest BCUT2D eigenvalue weighted by Crippen LogP contribution is -2.36. The van der Waals surface area contributed by atoms with Gasteiger partial charge in [-0.2, -0.15) is 8.75 Å². The first kappa shape index (κ1) is 13.0. The SMILES string of the molecule is O=C1CC(Nc2c(Cl)ccc3nsnc23)C(=O)N1C1CC1. The van der Waals surface area contributed by atoms with E-state index in [1.165, 1.54) is 4.90 Å². The summed E-state index contributed by atoms with van der Waals surface area (Å²) in [5, 5.41) is 3.56. The maximum atomic E-state index is 12.4. The summed E-state index contributed by atoms with van der Waals surface area (Å²) in [6, 6.07) is 3.03. The highest BCUT2D eigenvalue weighted by atomic mass is 35.5. The summed E-state index contributed by atoms with van der Waals surface area (Å²) in [5.74, 6) is -0.279. The van der Waals surface area contributed by atoms with Gasteiger partial charge >= 0.3 is 0 Å².